The van der Waals surface area contributed by atoms with Gasteiger partial charge in [0.2, 0.25) is 0 Å². The van der Waals surface area contributed by atoms with Crippen LogP contribution in [0.4, 0.5) is 13.2 Å². The third-order valence-electron chi connectivity index (χ3n) is 4.92. The molecular weight excluding hydrogens is 534 g/mol. The molecule has 0 saturated carbocycles. The smallest absolute Gasteiger partial charge is 0.354 e. The maximum absolute atomic E-state index is 12.7. The van der Waals surface area contributed by atoms with E-state index in [-0.39, 0.29) is 62.0 Å². The van der Waals surface area contributed by atoms with E-state index >= 15 is 0 Å². The zero-order valence-electron chi connectivity index (χ0n) is 17.2. The number of guanidine groups is 1. The van der Waals surface area contributed by atoms with Crippen molar-refractivity contribution in [2.45, 2.75) is 30.4 Å². The van der Waals surface area contributed by atoms with E-state index in [0.29, 0.717) is 16.8 Å². The number of rotatable bonds is 6. The summed E-state index contributed by atoms with van der Waals surface area (Å²) in [4.78, 5) is 6.26. The zero-order valence-corrected chi connectivity index (χ0v) is 20.3. The molecule has 0 spiro atoms. The predicted molar refractivity (Wildman–Crippen MR) is 122 cm³/mol. The van der Waals surface area contributed by atoms with Crippen LogP contribution in [0.25, 0.3) is 0 Å². The number of benzene rings is 1. The number of nitrogens with zero attached hydrogens (tertiary/aromatic N) is 3. The number of halogens is 4. The molecule has 0 bridgehead atoms. The minimum absolute atomic E-state index is 0. The van der Waals surface area contributed by atoms with Crippen molar-refractivity contribution in [3.8, 4) is 0 Å². The molecule has 2 rings (SSSR count). The van der Waals surface area contributed by atoms with Gasteiger partial charge in [0.25, 0.3) is 0 Å². The fourth-order valence-electron chi connectivity index (χ4n) is 3.24. The van der Waals surface area contributed by atoms with Crippen molar-refractivity contribution in [1.29, 1.82) is 0 Å². The van der Waals surface area contributed by atoms with E-state index in [1.165, 1.54) is 0 Å². The molecule has 1 aliphatic rings. The number of likely N-dealkylation sites (N-methyl/N-ethyl adjacent to an activating group) is 1. The van der Waals surface area contributed by atoms with E-state index in [0.717, 1.165) is 5.56 Å². The first kappa shape index (κ1) is 26.9. The van der Waals surface area contributed by atoms with Gasteiger partial charge in [0.05, 0.1) is 6.04 Å². The highest BCUT2D eigenvalue weighted by molar-refractivity contribution is 14.0. The fourth-order valence-corrected chi connectivity index (χ4v) is 4.23. The number of aliphatic imine (C=N–C) groups is 1. The summed E-state index contributed by atoms with van der Waals surface area (Å²) in [5.74, 6) is 0.532. The summed E-state index contributed by atoms with van der Waals surface area (Å²) in [6, 6.07) is 9.93. The topological polar surface area (TPSA) is 77.0 Å². The first-order valence-electron chi connectivity index (χ1n) is 9.31. The summed E-state index contributed by atoms with van der Waals surface area (Å²) in [5.41, 5.74) is -4.12. The lowest BCUT2D eigenvalue weighted by Crippen LogP contribution is -2.52. The summed E-state index contributed by atoms with van der Waals surface area (Å²) in [6.07, 6.45) is 0.539. The molecule has 0 amide bonds. The molecule has 7 nitrogen and oxygen atoms in total. The number of hydrogen-bond acceptors (Lipinski definition) is 4. The Bertz CT molecular complexity index is 783. The van der Waals surface area contributed by atoms with E-state index in [9.17, 15) is 21.6 Å². The van der Waals surface area contributed by atoms with E-state index in [2.05, 4.69) is 20.5 Å². The Morgan fingerprint density at radius 3 is 2.27 bits per heavy atom. The first-order chi connectivity index (χ1) is 13.6. The van der Waals surface area contributed by atoms with Gasteiger partial charge in [-0.2, -0.15) is 17.5 Å². The number of nitrogens with one attached hydrogen (secondary N) is 2. The molecule has 1 aromatic rings. The van der Waals surface area contributed by atoms with Crippen LogP contribution >= 0.6 is 24.0 Å². The van der Waals surface area contributed by atoms with Gasteiger partial charge < -0.3 is 15.5 Å². The summed E-state index contributed by atoms with van der Waals surface area (Å²) in [5, 5.41) is 6.43. The molecule has 172 valence electrons. The number of hydrogen-bond donors (Lipinski definition) is 2. The summed E-state index contributed by atoms with van der Waals surface area (Å²) < 4.78 is 61.6. The van der Waals surface area contributed by atoms with E-state index in [1.807, 2.05) is 44.4 Å². The molecular formula is C18H29F3IN5O2S. The molecule has 1 saturated heterocycles. The molecule has 0 aromatic heterocycles. The van der Waals surface area contributed by atoms with Gasteiger partial charge in [-0.05, 0) is 32.5 Å². The number of piperidine rings is 1. The Hall–Kier alpha value is -1.12. The first-order valence-corrected chi connectivity index (χ1v) is 10.7. The van der Waals surface area contributed by atoms with Gasteiger partial charge >= 0.3 is 15.5 Å². The van der Waals surface area contributed by atoms with Crippen LogP contribution in [0.1, 0.15) is 24.4 Å². The van der Waals surface area contributed by atoms with Crippen molar-refractivity contribution in [3.05, 3.63) is 35.9 Å². The molecule has 12 heteroatoms. The van der Waals surface area contributed by atoms with Gasteiger partial charge in [-0.15, -0.1) is 24.0 Å². The monoisotopic (exact) mass is 563 g/mol. The molecule has 1 fully saturated rings. The second-order valence-electron chi connectivity index (χ2n) is 7.11. The van der Waals surface area contributed by atoms with Crippen LogP contribution in [0.5, 0.6) is 0 Å². The van der Waals surface area contributed by atoms with Crippen molar-refractivity contribution in [2.75, 3.05) is 40.8 Å². The maximum atomic E-state index is 12.7. The predicted octanol–water partition coefficient (Wildman–Crippen LogP) is 2.39. The van der Waals surface area contributed by atoms with Gasteiger partial charge in [-0.1, -0.05) is 30.3 Å². The van der Waals surface area contributed by atoms with Crippen LogP contribution in [0.15, 0.2) is 35.3 Å². The van der Waals surface area contributed by atoms with E-state index in [4.69, 9.17) is 0 Å². The average Bonchev–Trinajstić information content (AvgIpc) is 2.67. The SMILES string of the molecule is CN=C(NCC(c1ccccc1)N(C)C)NC1CCN(S(=O)(=O)C(F)(F)F)CC1.I. The van der Waals surface area contributed by atoms with Crippen LogP contribution in [0, 0.1) is 0 Å². The summed E-state index contributed by atoms with van der Waals surface area (Å²) in [7, 11) is 0.309. The molecule has 0 radical (unpaired) electrons. The van der Waals surface area contributed by atoms with Crippen LogP contribution in [-0.2, 0) is 10.0 Å². The minimum Gasteiger partial charge on any atom is -0.354 e. The highest BCUT2D eigenvalue weighted by Crippen LogP contribution is 2.29. The average molecular weight is 563 g/mol. The second kappa shape index (κ2) is 11.5. The Morgan fingerprint density at radius 2 is 1.80 bits per heavy atom. The Morgan fingerprint density at radius 1 is 1.23 bits per heavy atom. The third kappa shape index (κ3) is 6.95. The van der Waals surface area contributed by atoms with Crippen molar-refractivity contribution >= 4 is 40.0 Å². The number of sulfonamides is 1. The van der Waals surface area contributed by atoms with Gasteiger partial charge in [0, 0.05) is 32.7 Å². The zero-order chi connectivity index (χ0) is 21.7. The maximum Gasteiger partial charge on any atom is 0.511 e. The fraction of sp³-hybridized carbons (Fsp3) is 0.611. The standard InChI is InChI=1S/C18H28F3N5O2S.HI/c1-22-17(23-13-16(25(2)3)14-7-5-4-6-8-14)24-15-9-11-26(12-10-15)29(27,28)18(19,20)21;/h4-8,15-16H,9-13H2,1-3H3,(H2,22,23,24);1H. The molecule has 30 heavy (non-hydrogen) atoms. The van der Waals surface area contributed by atoms with Crippen LogP contribution in [0.3, 0.4) is 0 Å². The molecule has 1 aromatic carbocycles. The number of alkyl halides is 3. The van der Waals surface area contributed by atoms with Gasteiger partial charge in [-0.3, -0.25) is 4.99 Å². The second-order valence-corrected chi connectivity index (χ2v) is 9.04. The molecule has 1 atom stereocenters. The molecule has 1 unspecified atom stereocenters. The Balaban J connectivity index is 0.00000450. The van der Waals surface area contributed by atoms with Crippen molar-refractivity contribution in [1.82, 2.24) is 19.8 Å². The molecule has 1 heterocycles. The quantitative estimate of drug-likeness (QED) is 0.316. The Labute approximate surface area is 193 Å². The lowest BCUT2D eigenvalue weighted by atomic mass is 10.1. The van der Waals surface area contributed by atoms with E-state index in [1.54, 1.807) is 7.05 Å². The third-order valence-corrected chi connectivity index (χ3v) is 6.55. The van der Waals surface area contributed by atoms with Crippen LogP contribution < -0.4 is 10.6 Å². The van der Waals surface area contributed by atoms with E-state index < -0.39 is 15.5 Å². The normalized spacial score (nSPS) is 18.0. The summed E-state index contributed by atoms with van der Waals surface area (Å²) >= 11 is 0. The van der Waals surface area contributed by atoms with Crippen LogP contribution in [0.2, 0.25) is 0 Å². The van der Waals surface area contributed by atoms with Gasteiger partial charge in [0.1, 0.15) is 0 Å². The summed E-state index contributed by atoms with van der Waals surface area (Å²) in [6.45, 7) is 0.222. The van der Waals surface area contributed by atoms with Gasteiger partial charge in [-0.25, -0.2) is 8.42 Å². The van der Waals surface area contributed by atoms with Crippen molar-refractivity contribution in [2.24, 2.45) is 4.99 Å². The lowest BCUT2D eigenvalue weighted by molar-refractivity contribution is -0.0494. The molecule has 2 N–H and O–H groups in total. The lowest BCUT2D eigenvalue weighted by Gasteiger charge is -2.33. The molecule has 0 aliphatic carbocycles. The van der Waals surface area contributed by atoms with Gasteiger partial charge in [0.15, 0.2) is 5.96 Å². The van der Waals surface area contributed by atoms with Crippen molar-refractivity contribution < 1.29 is 21.6 Å². The minimum atomic E-state index is -5.26. The highest BCUT2D eigenvalue weighted by Gasteiger charge is 2.50. The Kier molecular flexibility index (Phi) is 10.3. The largest absolute Gasteiger partial charge is 0.511 e. The molecule has 1 aliphatic heterocycles. The van der Waals surface area contributed by atoms with Crippen LogP contribution in [-0.4, -0.2) is 75.9 Å². The highest BCUT2D eigenvalue weighted by atomic mass is 127. The van der Waals surface area contributed by atoms with Crippen molar-refractivity contribution in [3.63, 3.8) is 0 Å².